The van der Waals surface area contributed by atoms with Crippen LogP contribution >= 0.6 is 11.3 Å². The lowest BCUT2D eigenvalue weighted by molar-refractivity contribution is -0.890. The van der Waals surface area contributed by atoms with Crippen molar-refractivity contribution in [1.82, 2.24) is 15.3 Å². The fraction of sp³-hybridized carbons (Fsp3) is 0.235. The van der Waals surface area contributed by atoms with Crippen molar-refractivity contribution in [2.75, 3.05) is 20.6 Å². The van der Waals surface area contributed by atoms with Crippen LogP contribution in [-0.4, -0.2) is 36.5 Å². The number of amides is 1. The molecule has 3 aromatic rings. The number of carbonyl (C=O) groups is 1. The highest BCUT2D eigenvalue weighted by molar-refractivity contribution is 7.10. The Balaban J connectivity index is 1.72. The van der Waals surface area contributed by atoms with E-state index in [9.17, 15) is 4.79 Å². The summed E-state index contributed by atoms with van der Waals surface area (Å²) in [6.45, 7) is 0.597. The molecule has 0 aliphatic heterocycles. The summed E-state index contributed by atoms with van der Waals surface area (Å²) in [5.41, 5.74) is 2.13. The molecule has 1 amide bonds. The third-order valence-electron chi connectivity index (χ3n) is 3.78. The van der Waals surface area contributed by atoms with E-state index in [0.717, 1.165) is 11.0 Å². The van der Waals surface area contributed by atoms with Crippen molar-refractivity contribution in [2.45, 2.75) is 6.04 Å². The first-order chi connectivity index (χ1) is 11.1. The molecule has 23 heavy (non-hydrogen) atoms. The topological polar surface area (TPSA) is 59.3 Å². The smallest absolute Gasteiger partial charge is 0.251 e. The van der Waals surface area contributed by atoms with Gasteiger partial charge in [0.15, 0.2) is 0 Å². The molecule has 6 heteroatoms. The highest BCUT2D eigenvalue weighted by Crippen LogP contribution is 2.16. The molecular formula is C17H19N4OS+. The second-order valence-electron chi connectivity index (χ2n) is 5.62. The van der Waals surface area contributed by atoms with Gasteiger partial charge in [0.05, 0.1) is 36.6 Å². The fourth-order valence-corrected chi connectivity index (χ4v) is 3.43. The first-order valence-corrected chi connectivity index (χ1v) is 8.35. The Bertz CT molecular complexity index is 801. The third kappa shape index (κ3) is 3.55. The van der Waals surface area contributed by atoms with E-state index < -0.39 is 0 Å². The van der Waals surface area contributed by atoms with Crippen LogP contribution in [0.15, 0.2) is 48.1 Å². The van der Waals surface area contributed by atoms with Gasteiger partial charge in [0.2, 0.25) is 0 Å². The molecule has 0 bridgehead atoms. The lowest BCUT2D eigenvalue weighted by Crippen LogP contribution is -3.06. The molecule has 0 radical (unpaired) electrons. The van der Waals surface area contributed by atoms with Gasteiger partial charge in [-0.25, -0.2) is 0 Å². The molecule has 0 spiro atoms. The van der Waals surface area contributed by atoms with Crippen molar-refractivity contribution in [3.63, 3.8) is 0 Å². The average Bonchev–Trinajstić information content (AvgIpc) is 3.08. The van der Waals surface area contributed by atoms with E-state index in [1.165, 1.54) is 9.78 Å². The first kappa shape index (κ1) is 15.6. The van der Waals surface area contributed by atoms with Crippen molar-refractivity contribution >= 4 is 28.3 Å². The molecule has 0 aliphatic carbocycles. The fourth-order valence-electron chi connectivity index (χ4n) is 2.48. The van der Waals surface area contributed by atoms with Gasteiger partial charge in [0.1, 0.15) is 6.04 Å². The molecule has 2 N–H and O–H groups in total. The molecule has 1 atom stereocenters. The monoisotopic (exact) mass is 327 g/mol. The van der Waals surface area contributed by atoms with E-state index in [0.29, 0.717) is 12.1 Å². The standard InChI is InChI=1S/C17H18N4OS/c1-21(2)15(16-4-3-9-23-16)11-20-17(22)12-5-6-13-14(10-12)19-8-7-18-13/h3-10,15H,11H2,1-2H3,(H,20,22)/p+1/t15-/m1/s1. The third-order valence-corrected chi connectivity index (χ3v) is 4.77. The SMILES string of the molecule is C[NH+](C)[C@H](CNC(=O)c1ccc2nccnc2c1)c1cccs1. The number of nitrogens with one attached hydrogen (secondary N) is 2. The summed E-state index contributed by atoms with van der Waals surface area (Å²) in [6, 6.07) is 9.79. The largest absolute Gasteiger partial charge is 0.346 e. The molecule has 1 aromatic carbocycles. The van der Waals surface area contributed by atoms with E-state index in [-0.39, 0.29) is 11.9 Å². The van der Waals surface area contributed by atoms with Crippen LogP contribution in [0.4, 0.5) is 0 Å². The number of hydrogen-bond donors (Lipinski definition) is 2. The predicted octanol–water partition coefficient (Wildman–Crippen LogP) is 1.31. The van der Waals surface area contributed by atoms with Gasteiger partial charge in [0, 0.05) is 18.0 Å². The molecule has 3 rings (SSSR count). The summed E-state index contributed by atoms with van der Waals surface area (Å²) in [6.07, 6.45) is 3.28. The predicted molar refractivity (Wildman–Crippen MR) is 91.7 cm³/mol. The van der Waals surface area contributed by atoms with Gasteiger partial charge in [-0.3, -0.25) is 14.8 Å². The van der Waals surface area contributed by atoms with Gasteiger partial charge in [-0.1, -0.05) is 6.07 Å². The van der Waals surface area contributed by atoms with Crippen molar-refractivity contribution in [1.29, 1.82) is 0 Å². The molecule has 2 aromatic heterocycles. The Labute approximate surface area is 139 Å². The van der Waals surface area contributed by atoms with Crippen molar-refractivity contribution in [3.8, 4) is 0 Å². The summed E-state index contributed by atoms with van der Waals surface area (Å²) < 4.78 is 0. The second-order valence-corrected chi connectivity index (χ2v) is 6.59. The number of likely N-dealkylation sites (N-methyl/N-ethyl adjacent to an activating group) is 1. The van der Waals surface area contributed by atoms with E-state index in [1.807, 2.05) is 12.1 Å². The maximum atomic E-state index is 12.4. The number of quaternary nitrogens is 1. The van der Waals surface area contributed by atoms with Crippen molar-refractivity contribution < 1.29 is 9.69 Å². The molecule has 118 valence electrons. The number of nitrogens with zero attached hydrogens (tertiary/aromatic N) is 2. The van der Waals surface area contributed by atoms with Crippen LogP contribution in [0.25, 0.3) is 11.0 Å². The molecule has 5 nitrogen and oxygen atoms in total. The van der Waals surface area contributed by atoms with Gasteiger partial charge in [0.25, 0.3) is 5.91 Å². The lowest BCUT2D eigenvalue weighted by atomic mass is 10.1. The van der Waals surface area contributed by atoms with Crippen LogP contribution in [0, 0.1) is 0 Å². The lowest BCUT2D eigenvalue weighted by Gasteiger charge is -2.20. The average molecular weight is 327 g/mol. The molecule has 0 unspecified atom stereocenters. The zero-order valence-corrected chi connectivity index (χ0v) is 13.9. The number of rotatable bonds is 5. The quantitative estimate of drug-likeness (QED) is 0.743. The van der Waals surface area contributed by atoms with E-state index in [2.05, 4.69) is 40.8 Å². The highest BCUT2D eigenvalue weighted by Gasteiger charge is 2.20. The second kappa shape index (κ2) is 6.85. The Morgan fingerprint density at radius 2 is 2.00 bits per heavy atom. The minimum Gasteiger partial charge on any atom is -0.346 e. The van der Waals surface area contributed by atoms with Crippen LogP contribution in [0.1, 0.15) is 21.3 Å². The van der Waals surface area contributed by atoms with Gasteiger partial charge in [-0.2, -0.15) is 0 Å². The van der Waals surface area contributed by atoms with Gasteiger partial charge >= 0.3 is 0 Å². The van der Waals surface area contributed by atoms with Crippen molar-refractivity contribution in [2.24, 2.45) is 0 Å². The summed E-state index contributed by atoms with van der Waals surface area (Å²) in [4.78, 5) is 23.4. The van der Waals surface area contributed by atoms with Crippen LogP contribution in [0.5, 0.6) is 0 Å². The number of benzene rings is 1. The zero-order chi connectivity index (χ0) is 16.2. The molecule has 0 saturated carbocycles. The minimum absolute atomic E-state index is 0.0830. The Kier molecular flexibility index (Phi) is 4.64. The van der Waals surface area contributed by atoms with Crippen molar-refractivity contribution in [3.05, 3.63) is 58.5 Å². The van der Waals surface area contributed by atoms with Crippen LogP contribution in [0.3, 0.4) is 0 Å². The maximum Gasteiger partial charge on any atom is 0.251 e. The summed E-state index contributed by atoms with van der Waals surface area (Å²) in [5, 5.41) is 5.10. The van der Waals surface area contributed by atoms with Crippen LogP contribution in [0.2, 0.25) is 0 Å². The molecule has 0 fully saturated rings. The van der Waals surface area contributed by atoms with Crippen LogP contribution in [-0.2, 0) is 0 Å². The molecule has 0 saturated heterocycles. The number of carbonyl (C=O) groups excluding carboxylic acids is 1. The van der Waals surface area contributed by atoms with Crippen LogP contribution < -0.4 is 10.2 Å². The maximum absolute atomic E-state index is 12.4. The number of thiophene rings is 1. The Morgan fingerprint density at radius 1 is 1.22 bits per heavy atom. The van der Waals surface area contributed by atoms with E-state index in [4.69, 9.17) is 0 Å². The summed E-state index contributed by atoms with van der Waals surface area (Å²) >= 11 is 1.72. The number of aromatic nitrogens is 2. The Hall–Kier alpha value is -2.31. The van der Waals surface area contributed by atoms with E-state index >= 15 is 0 Å². The minimum atomic E-state index is -0.0830. The van der Waals surface area contributed by atoms with Gasteiger partial charge in [-0.15, -0.1) is 11.3 Å². The highest BCUT2D eigenvalue weighted by atomic mass is 32.1. The summed E-state index contributed by atoms with van der Waals surface area (Å²) in [7, 11) is 4.20. The molecule has 2 heterocycles. The number of hydrogen-bond acceptors (Lipinski definition) is 4. The normalized spacial score (nSPS) is 12.5. The number of fused-ring (bicyclic) bond motifs is 1. The molecular weight excluding hydrogens is 308 g/mol. The zero-order valence-electron chi connectivity index (χ0n) is 13.1. The van der Waals surface area contributed by atoms with Gasteiger partial charge in [-0.05, 0) is 29.6 Å². The first-order valence-electron chi connectivity index (χ1n) is 7.47. The Morgan fingerprint density at radius 3 is 2.70 bits per heavy atom. The van der Waals surface area contributed by atoms with Gasteiger partial charge < -0.3 is 10.2 Å². The summed E-state index contributed by atoms with van der Waals surface area (Å²) in [5.74, 6) is -0.0830. The van der Waals surface area contributed by atoms with E-state index in [1.54, 1.807) is 35.9 Å². The molecule has 0 aliphatic rings.